The average Bonchev–Trinajstić information content (AvgIpc) is 2.56. The van der Waals surface area contributed by atoms with Gasteiger partial charge >= 0.3 is 5.69 Å². The van der Waals surface area contributed by atoms with Gasteiger partial charge in [-0.25, -0.2) is 13.2 Å². The first-order valence-corrected chi connectivity index (χ1v) is 7.28. The molecule has 0 aliphatic carbocycles. The van der Waals surface area contributed by atoms with Gasteiger partial charge in [-0.3, -0.25) is 9.13 Å². The van der Waals surface area contributed by atoms with Crippen molar-refractivity contribution in [3.63, 3.8) is 0 Å². The Bertz CT molecular complexity index is 484. The number of hydrogen-bond donors (Lipinski definition) is 0. The number of aromatic nitrogens is 2. The molecule has 5 nitrogen and oxygen atoms in total. The normalized spacial score (nSPS) is 11.9. The van der Waals surface area contributed by atoms with Crippen molar-refractivity contribution in [3.05, 3.63) is 22.9 Å². The van der Waals surface area contributed by atoms with Crippen molar-refractivity contribution in [1.82, 2.24) is 9.13 Å². The molecule has 1 heterocycles. The van der Waals surface area contributed by atoms with Crippen LogP contribution in [-0.4, -0.2) is 29.1 Å². The highest BCUT2D eigenvalue weighted by Crippen LogP contribution is 1.95. The maximum absolute atomic E-state index is 11.6. The van der Waals surface area contributed by atoms with E-state index < -0.39 is 9.84 Å². The molecule has 0 saturated carbocycles. The van der Waals surface area contributed by atoms with E-state index in [4.69, 9.17) is 0 Å². The number of sulfone groups is 1. The second-order valence-electron chi connectivity index (χ2n) is 3.71. The smallest absolute Gasteiger partial charge is 0.300 e. The fraction of sp³-hybridized carbons (Fsp3) is 0.700. The molecule has 0 unspecified atom stereocenters. The van der Waals surface area contributed by atoms with Gasteiger partial charge in [0.15, 0.2) is 9.84 Å². The van der Waals surface area contributed by atoms with E-state index in [-0.39, 0.29) is 23.7 Å². The second-order valence-corrected chi connectivity index (χ2v) is 6.02. The molecule has 0 aromatic carbocycles. The van der Waals surface area contributed by atoms with Crippen molar-refractivity contribution in [1.29, 1.82) is 0 Å². The standard InChI is InChI=1S/C10H18N2O3S/c1-3-8-16(14,15)9-7-12-6-5-11(4-2)10(12)13/h5-6H,3-4,7-9H2,1-2H3. The lowest BCUT2D eigenvalue weighted by molar-refractivity contribution is 0.583. The lowest BCUT2D eigenvalue weighted by Crippen LogP contribution is -2.26. The Hall–Kier alpha value is -1.04. The van der Waals surface area contributed by atoms with Crippen molar-refractivity contribution >= 4 is 9.84 Å². The quantitative estimate of drug-likeness (QED) is 0.734. The van der Waals surface area contributed by atoms with E-state index in [1.807, 2.05) is 13.8 Å². The van der Waals surface area contributed by atoms with Crippen LogP contribution in [0.2, 0.25) is 0 Å². The zero-order valence-corrected chi connectivity index (χ0v) is 10.5. The molecule has 1 aromatic heterocycles. The van der Waals surface area contributed by atoms with Crippen LogP contribution in [0, 0.1) is 0 Å². The minimum absolute atomic E-state index is 0.0362. The van der Waals surface area contributed by atoms with Crippen LogP contribution in [0.1, 0.15) is 20.3 Å². The molecule has 6 heteroatoms. The highest BCUT2D eigenvalue weighted by atomic mass is 32.2. The molecule has 0 aliphatic heterocycles. The van der Waals surface area contributed by atoms with Gasteiger partial charge in [0, 0.05) is 31.2 Å². The van der Waals surface area contributed by atoms with Crippen molar-refractivity contribution in [2.45, 2.75) is 33.4 Å². The predicted molar refractivity (Wildman–Crippen MR) is 63.3 cm³/mol. The number of hydrogen-bond acceptors (Lipinski definition) is 3. The monoisotopic (exact) mass is 246 g/mol. The Morgan fingerprint density at radius 1 is 1.12 bits per heavy atom. The van der Waals surface area contributed by atoms with Gasteiger partial charge in [0.1, 0.15) is 0 Å². The summed E-state index contributed by atoms with van der Waals surface area (Å²) < 4.78 is 25.9. The lowest BCUT2D eigenvalue weighted by Gasteiger charge is -2.03. The third-order valence-electron chi connectivity index (χ3n) is 2.42. The molecule has 0 atom stereocenters. The van der Waals surface area contributed by atoms with E-state index in [2.05, 4.69) is 0 Å². The van der Waals surface area contributed by atoms with Crippen LogP contribution in [0.15, 0.2) is 17.2 Å². The number of nitrogens with zero attached hydrogens (tertiary/aromatic N) is 2. The molecular formula is C10H18N2O3S. The SMILES string of the molecule is CCCS(=O)(=O)CCn1ccn(CC)c1=O. The van der Waals surface area contributed by atoms with Crippen LogP contribution in [0.4, 0.5) is 0 Å². The minimum Gasteiger partial charge on any atom is -0.300 e. The van der Waals surface area contributed by atoms with E-state index in [1.165, 1.54) is 4.57 Å². The van der Waals surface area contributed by atoms with E-state index >= 15 is 0 Å². The third kappa shape index (κ3) is 3.23. The Balaban J connectivity index is 2.69. The van der Waals surface area contributed by atoms with Gasteiger partial charge in [-0.2, -0.15) is 0 Å². The van der Waals surface area contributed by atoms with E-state index in [0.717, 1.165) is 0 Å². The van der Waals surface area contributed by atoms with Gasteiger partial charge in [-0.1, -0.05) is 6.92 Å². The summed E-state index contributed by atoms with van der Waals surface area (Å²) in [5.41, 5.74) is -0.144. The summed E-state index contributed by atoms with van der Waals surface area (Å²) in [4.78, 5) is 11.6. The molecule has 0 fully saturated rings. The topological polar surface area (TPSA) is 61.1 Å². The summed E-state index contributed by atoms with van der Waals surface area (Å²) in [6, 6.07) is 0. The predicted octanol–water partition coefficient (Wildman–Crippen LogP) is 0.495. The number of rotatable bonds is 6. The Morgan fingerprint density at radius 3 is 2.25 bits per heavy atom. The first-order chi connectivity index (χ1) is 7.50. The summed E-state index contributed by atoms with van der Waals surface area (Å²) in [6.07, 6.45) is 3.93. The first kappa shape index (κ1) is 13.0. The van der Waals surface area contributed by atoms with Crippen molar-refractivity contribution in [2.75, 3.05) is 11.5 Å². The van der Waals surface area contributed by atoms with Gasteiger partial charge in [0.05, 0.1) is 5.75 Å². The van der Waals surface area contributed by atoms with E-state index in [0.29, 0.717) is 13.0 Å². The number of aryl methyl sites for hydroxylation is 2. The second kappa shape index (κ2) is 5.34. The van der Waals surface area contributed by atoms with Crippen LogP contribution in [0.3, 0.4) is 0 Å². The molecule has 0 bridgehead atoms. The van der Waals surface area contributed by atoms with Crippen LogP contribution < -0.4 is 5.69 Å². The molecule has 92 valence electrons. The zero-order chi connectivity index (χ0) is 12.2. The highest BCUT2D eigenvalue weighted by Gasteiger charge is 2.10. The van der Waals surface area contributed by atoms with Crippen LogP contribution in [0.25, 0.3) is 0 Å². The molecular weight excluding hydrogens is 228 g/mol. The van der Waals surface area contributed by atoms with Gasteiger partial charge in [0.2, 0.25) is 0 Å². The average molecular weight is 246 g/mol. The summed E-state index contributed by atoms with van der Waals surface area (Å²) in [7, 11) is -3.01. The van der Waals surface area contributed by atoms with Crippen molar-refractivity contribution < 1.29 is 8.42 Å². The Kier molecular flexibility index (Phi) is 4.35. The van der Waals surface area contributed by atoms with Gasteiger partial charge in [-0.05, 0) is 13.3 Å². The highest BCUT2D eigenvalue weighted by molar-refractivity contribution is 7.91. The zero-order valence-electron chi connectivity index (χ0n) is 9.72. The van der Waals surface area contributed by atoms with Gasteiger partial charge in [-0.15, -0.1) is 0 Å². The first-order valence-electron chi connectivity index (χ1n) is 5.46. The molecule has 1 aromatic rings. The van der Waals surface area contributed by atoms with Crippen molar-refractivity contribution in [3.8, 4) is 0 Å². The largest absolute Gasteiger partial charge is 0.328 e. The maximum atomic E-state index is 11.6. The van der Waals surface area contributed by atoms with Crippen LogP contribution >= 0.6 is 0 Å². The molecule has 0 saturated heterocycles. The molecule has 0 radical (unpaired) electrons. The molecule has 0 amide bonds. The summed E-state index contributed by atoms with van der Waals surface area (Å²) in [6.45, 7) is 4.55. The Labute approximate surface area is 95.6 Å². The van der Waals surface area contributed by atoms with E-state index in [1.54, 1.807) is 17.0 Å². The van der Waals surface area contributed by atoms with E-state index in [9.17, 15) is 13.2 Å². The molecule has 0 aliphatic rings. The molecule has 0 spiro atoms. The van der Waals surface area contributed by atoms with Crippen molar-refractivity contribution in [2.24, 2.45) is 0 Å². The fourth-order valence-electron chi connectivity index (χ4n) is 1.51. The van der Waals surface area contributed by atoms with Crippen LogP contribution in [-0.2, 0) is 22.9 Å². The Morgan fingerprint density at radius 2 is 1.75 bits per heavy atom. The van der Waals surface area contributed by atoms with Gasteiger partial charge < -0.3 is 0 Å². The third-order valence-corrected chi connectivity index (χ3v) is 4.25. The molecule has 0 N–H and O–H groups in total. The van der Waals surface area contributed by atoms with Crippen LogP contribution in [0.5, 0.6) is 0 Å². The minimum atomic E-state index is -3.01. The summed E-state index contributed by atoms with van der Waals surface area (Å²) in [5, 5.41) is 0. The summed E-state index contributed by atoms with van der Waals surface area (Å²) in [5.74, 6) is 0.227. The lowest BCUT2D eigenvalue weighted by atomic mass is 10.6. The maximum Gasteiger partial charge on any atom is 0.328 e. The molecule has 1 rings (SSSR count). The fourth-order valence-corrected chi connectivity index (χ4v) is 2.82. The summed E-state index contributed by atoms with van der Waals surface area (Å²) >= 11 is 0. The molecule has 16 heavy (non-hydrogen) atoms. The van der Waals surface area contributed by atoms with Gasteiger partial charge in [0.25, 0.3) is 0 Å². The number of imidazole rings is 1.